The molecule has 1 heterocycles. The van der Waals surface area contributed by atoms with Crippen LogP contribution in [0.2, 0.25) is 0 Å². The zero-order valence-corrected chi connectivity index (χ0v) is 10.6. The molecule has 1 aromatic heterocycles. The van der Waals surface area contributed by atoms with Crippen LogP contribution in [0.3, 0.4) is 0 Å². The zero-order chi connectivity index (χ0) is 13.0. The third-order valence-corrected chi connectivity index (χ3v) is 2.69. The largest absolute Gasteiger partial charge is 0.306 e. The van der Waals surface area contributed by atoms with E-state index in [9.17, 15) is 4.79 Å². The highest BCUT2D eigenvalue weighted by Gasteiger charge is 2.19. The van der Waals surface area contributed by atoms with Crippen molar-refractivity contribution in [3.05, 3.63) is 42.0 Å². The molecule has 0 atom stereocenters. The highest BCUT2D eigenvalue weighted by atomic mass is 16.2. The van der Waals surface area contributed by atoms with Crippen LogP contribution < -0.4 is 4.90 Å². The van der Waals surface area contributed by atoms with Crippen molar-refractivity contribution in [3.8, 4) is 0 Å². The van der Waals surface area contributed by atoms with E-state index in [0.717, 1.165) is 17.9 Å². The minimum atomic E-state index is -0.181. The predicted molar refractivity (Wildman–Crippen MR) is 69.6 cm³/mol. The summed E-state index contributed by atoms with van der Waals surface area (Å²) in [6, 6.07) is 9.52. The number of aromatic amines is 1. The van der Waals surface area contributed by atoms with Crippen LogP contribution >= 0.6 is 0 Å². The molecule has 2 rings (SSSR count). The molecule has 5 nitrogen and oxygen atoms in total. The van der Waals surface area contributed by atoms with Gasteiger partial charge >= 0.3 is 0 Å². The third kappa shape index (κ3) is 2.40. The van der Waals surface area contributed by atoms with E-state index in [1.165, 1.54) is 0 Å². The lowest BCUT2D eigenvalue weighted by atomic mass is 10.3. The van der Waals surface area contributed by atoms with Gasteiger partial charge in [-0.3, -0.25) is 9.89 Å². The smallest absolute Gasteiger partial charge is 0.297 e. The first-order chi connectivity index (χ1) is 8.76. The number of aryl methyl sites for hydroxylation is 1. The number of benzene rings is 1. The van der Waals surface area contributed by atoms with E-state index in [1.54, 1.807) is 4.90 Å². The average molecular weight is 244 g/mol. The second-order valence-corrected chi connectivity index (χ2v) is 3.84. The van der Waals surface area contributed by atoms with Crippen LogP contribution in [0.4, 0.5) is 5.69 Å². The van der Waals surface area contributed by atoms with E-state index in [4.69, 9.17) is 0 Å². The van der Waals surface area contributed by atoms with Crippen molar-refractivity contribution in [1.29, 1.82) is 0 Å². The Morgan fingerprint density at radius 1 is 1.28 bits per heavy atom. The van der Waals surface area contributed by atoms with Crippen LogP contribution in [0.1, 0.15) is 30.3 Å². The van der Waals surface area contributed by atoms with Gasteiger partial charge in [0.25, 0.3) is 5.91 Å². The van der Waals surface area contributed by atoms with Gasteiger partial charge in [0.05, 0.1) is 0 Å². The number of amides is 1. The van der Waals surface area contributed by atoms with Crippen molar-refractivity contribution in [2.24, 2.45) is 0 Å². The molecular weight excluding hydrogens is 228 g/mol. The number of carbonyl (C=O) groups is 1. The summed E-state index contributed by atoms with van der Waals surface area (Å²) in [7, 11) is 0. The lowest BCUT2D eigenvalue weighted by Crippen LogP contribution is -2.31. The number of H-pyrrole nitrogens is 1. The standard InChI is InChI=1S/C13H16N4O/c1-3-11-14-12(16-15-11)13(18)17(4-2)10-8-6-5-7-9-10/h5-9H,3-4H2,1-2H3,(H,14,15,16). The van der Waals surface area contributed by atoms with Gasteiger partial charge in [0.15, 0.2) is 0 Å². The van der Waals surface area contributed by atoms with E-state index in [0.29, 0.717) is 6.54 Å². The first-order valence-corrected chi connectivity index (χ1v) is 6.04. The number of rotatable bonds is 4. The van der Waals surface area contributed by atoms with Crippen LogP contribution in [0, 0.1) is 0 Å². The van der Waals surface area contributed by atoms with Crippen molar-refractivity contribution < 1.29 is 4.79 Å². The van der Waals surface area contributed by atoms with Gasteiger partial charge in [0.2, 0.25) is 5.82 Å². The number of carbonyl (C=O) groups excluding carboxylic acids is 1. The number of para-hydroxylation sites is 1. The fourth-order valence-electron chi connectivity index (χ4n) is 1.72. The van der Waals surface area contributed by atoms with Gasteiger partial charge in [-0.2, -0.15) is 0 Å². The Hall–Kier alpha value is -2.17. The molecule has 18 heavy (non-hydrogen) atoms. The lowest BCUT2D eigenvalue weighted by molar-refractivity contribution is 0.0978. The van der Waals surface area contributed by atoms with Gasteiger partial charge in [0, 0.05) is 18.7 Å². The maximum absolute atomic E-state index is 12.3. The summed E-state index contributed by atoms with van der Waals surface area (Å²) in [5.74, 6) is 0.764. The highest BCUT2D eigenvalue weighted by molar-refractivity contribution is 6.03. The minimum Gasteiger partial charge on any atom is -0.306 e. The summed E-state index contributed by atoms with van der Waals surface area (Å²) in [6.45, 7) is 4.47. The molecule has 0 unspecified atom stereocenters. The molecule has 0 fully saturated rings. The van der Waals surface area contributed by atoms with Gasteiger partial charge in [0.1, 0.15) is 5.82 Å². The molecule has 1 aromatic carbocycles. The van der Waals surface area contributed by atoms with Crippen LogP contribution in [-0.4, -0.2) is 27.6 Å². The van der Waals surface area contributed by atoms with Crippen LogP contribution in [0.5, 0.6) is 0 Å². The van der Waals surface area contributed by atoms with Gasteiger partial charge in [-0.25, -0.2) is 4.98 Å². The van der Waals surface area contributed by atoms with E-state index >= 15 is 0 Å². The van der Waals surface area contributed by atoms with Gasteiger partial charge in [-0.15, -0.1) is 5.10 Å². The second kappa shape index (κ2) is 5.44. The lowest BCUT2D eigenvalue weighted by Gasteiger charge is -2.19. The van der Waals surface area contributed by atoms with Crippen molar-refractivity contribution in [1.82, 2.24) is 15.2 Å². The molecule has 1 N–H and O–H groups in total. The number of hydrogen-bond donors (Lipinski definition) is 1. The Labute approximate surface area is 106 Å². The number of nitrogens with one attached hydrogen (secondary N) is 1. The van der Waals surface area contributed by atoms with Gasteiger partial charge in [-0.05, 0) is 19.1 Å². The first-order valence-electron chi connectivity index (χ1n) is 6.04. The number of aromatic nitrogens is 3. The van der Waals surface area contributed by atoms with E-state index < -0.39 is 0 Å². The van der Waals surface area contributed by atoms with Crippen molar-refractivity contribution >= 4 is 11.6 Å². The molecular formula is C13H16N4O. The topological polar surface area (TPSA) is 61.9 Å². The molecule has 0 aliphatic rings. The van der Waals surface area contributed by atoms with Crippen molar-refractivity contribution in [2.45, 2.75) is 20.3 Å². The number of hydrogen-bond acceptors (Lipinski definition) is 3. The molecule has 0 aliphatic heterocycles. The first kappa shape index (κ1) is 12.3. The average Bonchev–Trinajstić information content (AvgIpc) is 2.89. The monoisotopic (exact) mass is 244 g/mol. The Kier molecular flexibility index (Phi) is 3.72. The molecule has 0 saturated heterocycles. The Bertz CT molecular complexity index is 521. The Balaban J connectivity index is 2.25. The maximum atomic E-state index is 12.3. The molecule has 94 valence electrons. The fraction of sp³-hybridized carbons (Fsp3) is 0.308. The third-order valence-electron chi connectivity index (χ3n) is 2.69. The van der Waals surface area contributed by atoms with Crippen molar-refractivity contribution in [3.63, 3.8) is 0 Å². The van der Waals surface area contributed by atoms with E-state index in [-0.39, 0.29) is 11.7 Å². The van der Waals surface area contributed by atoms with Crippen LogP contribution in [0.25, 0.3) is 0 Å². The minimum absolute atomic E-state index is 0.181. The SMILES string of the molecule is CCc1nc(C(=O)N(CC)c2ccccc2)n[nH]1. The molecule has 1 amide bonds. The fourth-order valence-corrected chi connectivity index (χ4v) is 1.72. The van der Waals surface area contributed by atoms with Gasteiger partial charge in [-0.1, -0.05) is 25.1 Å². The molecule has 2 aromatic rings. The summed E-state index contributed by atoms with van der Waals surface area (Å²) in [5.41, 5.74) is 0.854. The van der Waals surface area contributed by atoms with E-state index in [1.807, 2.05) is 44.2 Å². The molecule has 0 aliphatic carbocycles. The summed E-state index contributed by atoms with van der Waals surface area (Å²) >= 11 is 0. The summed E-state index contributed by atoms with van der Waals surface area (Å²) in [6.07, 6.45) is 0.734. The summed E-state index contributed by atoms with van der Waals surface area (Å²) in [4.78, 5) is 18.1. The molecule has 0 bridgehead atoms. The summed E-state index contributed by atoms with van der Waals surface area (Å²) < 4.78 is 0. The van der Waals surface area contributed by atoms with E-state index in [2.05, 4.69) is 15.2 Å². The molecule has 0 spiro atoms. The summed E-state index contributed by atoms with van der Waals surface area (Å²) in [5, 5.41) is 6.71. The molecule has 5 heteroatoms. The maximum Gasteiger partial charge on any atom is 0.297 e. The quantitative estimate of drug-likeness (QED) is 0.895. The predicted octanol–water partition coefficient (Wildman–Crippen LogP) is 2.03. The molecule has 0 radical (unpaired) electrons. The van der Waals surface area contributed by atoms with Crippen LogP contribution in [-0.2, 0) is 6.42 Å². The highest BCUT2D eigenvalue weighted by Crippen LogP contribution is 2.15. The second-order valence-electron chi connectivity index (χ2n) is 3.84. The Morgan fingerprint density at radius 3 is 2.56 bits per heavy atom. The molecule has 0 saturated carbocycles. The van der Waals surface area contributed by atoms with Crippen molar-refractivity contribution in [2.75, 3.05) is 11.4 Å². The number of anilines is 1. The van der Waals surface area contributed by atoms with Crippen LogP contribution in [0.15, 0.2) is 30.3 Å². The zero-order valence-electron chi connectivity index (χ0n) is 10.6. The Morgan fingerprint density at radius 2 is 2.00 bits per heavy atom. The number of nitrogens with zero attached hydrogens (tertiary/aromatic N) is 3. The normalized spacial score (nSPS) is 10.3. The van der Waals surface area contributed by atoms with Gasteiger partial charge < -0.3 is 4.90 Å².